The molecule has 0 aliphatic rings. The van der Waals surface area contributed by atoms with Gasteiger partial charge in [-0.25, -0.2) is 4.98 Å². The lowest BCUT2D eigenvalue weighted by Crippen LogP contribution is -2.30. The number of halogens is 4. The molecule has 0 saturated carbocycles. The van der Waals surface area contributed by atoms with Gasteiger partial charge in [0.05, 0.1) is 18.3 Å². The largest absolute Gasteiger partial charge is 0.573 e. The van der Waals surface area contributed by atoms with Crippen molar-refractivity contribution in [3.8, 4) is 17.0 Å². The van der Waals surface area contributed by atoms with Gasteiger partial charge in [-0.3, -0.25) is 0 Å². The summed E-state index contributed by atoms with van der Waals surface area (Å²) in [5.41, 5.74) is 1.83. The van der Waals surface area contributed by atoms with Gasteiger partial charge in [0.15, 0.2) is 0 Å². The number of nitrogens with zero attached hydrogens (tertiary/aromatic N) is 2. The third-order valence-corrected chi connectivity index (χ3v) is 5.60. The lowest BCUT2D eigenvalue weighted by molar-refractivity contribution is -0.274. The quantitative estimate of drug-likeness (QED) is 0.326. The molecule has 0 unspecified atom stereocenters. The van der Waals surface area contributed by atoms with Crippen LogP contribution in [-0.4, -0.2) is 34.1 Å². The molecule has 0 amide bonds. The Morgan fingerprint density at radius 1 is 1.06 bits per heavy atom. The van der Waals surface area contributed by atoms with Crippen molar-refractivity contribution >= 4 is 27.7 Å². The van der Waals surface area contributed by atoms with Crippen LogP contribution in [0.5, 0.6) is 5.75 Å². The molecule has 3 rings (SSSR count). The molecule has 3 aromatic rings. The molecule has 176 valence electrons. The van der Waals surface area contributed by atoms with Crippen LogP contribution in [0, 0.1) is 5.92 Å². The van der Waals surface area contributed by atoms with Crippen molar-refractivity contribution in [2.75, 3.05) is 17.2 Å². The number of hydrogen-bond donors (Lipinski definition) is 3. The molecule has 10 heteroatoms. The van der Waals surface area contributed by atoms with E-state index >= 15 is 0 Å². The molecule has 1 heterocycles. The monoisotopic (exact) mass is 524 g/mol. The van der Waals surface area contributed by atoms with Gasteiger partial charge in [0.1, 0.15) is 11.6 Å². The first-order chi connectivity index (χ1) is 15.6. The van der Waals surface area contributed by atoms with E-state index < -0.39 is 6.36 Å². The minimum atomic E-state index is -4.79. The highest BCUT2D eigenvalue weighted by molar-refractivity contribution is 9.10. The Labute approximate surface area is 198 Å². The van der Waals surface area contributed by atoms with Gasteiger partial charge in [-0.1, -0.05) is 60.1 Å². The average molecular weight is 525 g/mol. The third-order valence-electron chi connectivity index (χ3n) is 4.82. The molecule has 0 saturated heterocycles. The lowest BCUT2D eigenvalue weighted by atomic mass is 10.1. The Bertz CT molecular complexity index is 1080. The van der Waals surface area contributed by atoms with Gasteiger partial charge in [-0.05, 0) is 29.7 Å². The fraction of sp³-hybridized carbons (Fsp3) is 0.304. The van der Waals surface area contributed by atoms with Crippen molar-refractivity contribution in [3.63, 3.8) is 0 Å². The van der Waals surface area contributed by atoms with E-state index in [0.29, 0.717) is 23.6 Å². The summed E-state index contributed by atoms with van der Waals surface area (Å²) in [4.78, 5) is 8.95. The Morgan fingerprint density at radius 3 is 2.48 bits per heavy atom. The maximum atomic E-state index is 12.7. The summed E-state index contributed by atoms with van der Waals surface area (Å²) in [6.45, 7) is 4.23. The standard InChI is InChI=1S/C23H24BrF3N4O2/c1-14(2)20(13-32)30-22-29-19(15-7-5-8-17(10-15)33-23(25,26)27)11-21(31-22)28-12-16-6-3-4-9-18(16)24/h3-11,14,20,32H,12-13H2,1-2H3,(H2,28,29,30,31)/t20-/m0/s1. The number of aromatic nitrogens is 2. The molecular weight excluding hydrogens is 501 g/mol. The first kappa shape index (κ1) is 24.8. The molecule has 1 aromatic heterocycles. The molecular formula is C23H24BrF3N4O2. The van der Waals surface area contributed by atoms with Crippen LogP contribution in [0.4, 0.5) is 24.9 Å². The van der Waals surface area contributed by atoms with Crippen molar-refractivity contribution in [3.05, 3.63) is 64.6 Å². The molecule has 0 bridgehead atoms. The molecule has 2 aromatic carbocycles. The van der Waals surface area contributed by atoms with Gasteiger partial charge in [0, 0.05) is 22.6 Å². The summed E-state index contributed by atoms with van der Waals surface area (Å²) >= 11 is 3.51. The number of hydrogen-bond acceptors (Lipinski definition) is 6. The first-order valence-corrected chi connectivity index (χ1v) is 11.0. The minimum Gasteiger partial charge on any atom is -0.406 e. The summed E-state index contributed by atoms with van der Waals surface area (Å²) in [6, 6.07) is 14.7. The highest BCUT2D eigenvalue weighted by Gasteiger charge is 2.31. The maximum absolute atomic E-state index is 12.7. The third kappa shape index (κ3) is 7.33. The van der Waals surface area contributed by atoms with Gasteiger partial charge in [0.25, 0.3) is 0 Å². The molecule has 0 aliphatic heterocycles. The molecule has 3 N–H and O–H groups in total. The SMILES string of the molecule is CC(C)[C@H](CO)Nc1nc(NCc2ccccc2Br)cc(-c2cccc(OC(F)(F)F)c2)n1. The van der Waals surface area contributed by atoms with Crippen LogP contribution in [0.3, 0.4) is 0 Å². The van der Waals surface area contributed by atoms with Crippen LogP contribution in [-0.2, 0) is 6.54 Å². The van der Waals surface area contributed by atoms with Gasteiger partial charge in [-0.2, -0.15) is 4.98 Å². The summed E-state index contributed by atoms with van der Waals surface area (Å²) in [6.07, 6.45) is -4.79. The van der Waals surface area contributed by atoms with Crippen LogP contribution in [0.15, 0.2) is 59.1 Å². The molecule has 1 atom stereocenters. The highest BCUT2D eigenvalue weighted by Crippen LogP contribution is 2.29. The fourth-order valence-electron chi connectivity index (χ4n) is 3.02. The van der Waals surface area contributed by atoms with E-state index in [2.05, 4.69) is 41.3 Å². The number of benzene rings is 2. The van der Waals surface area contributed by atoms with E-state index in [4.69, 9.17) is 0 Å². The summed E-state index contributed by atoms with van der Waals surface area (Å²) < 4.78 is 43.0. The van der Waals surface area contributed by atoms with Gasteiger partial charge < -0.3 is 20.5 Å². The molecule has 0 fully saturated rings. The Morgan fingerprint density at radius 2 is 1.82 bits per heavy atom. The van der Waals surface area contributed by atoms with Crippen LogP contribution in [0.1, 0.15) is 19.4 Å². The number of ether oxygens (including phenoxy) is 1. The van der Waals surface area contributed by atoms with E-state index in [0.717, 1.165) is 10.0 Å². The van der Waals surface area contributed by atoms with Crippen LogP contribution in [0.2, 0.25) is 0 Å². The number of aliphatic hydroxyl groups excluding tert-OH is 1. The number of anilines is 2. The predicted octanol–water partition coefficient (Wildman–Crippen LogP) is 5.85. The van der Waals surface area contributed by atoms with Crippen molar-refractivity contribution < 1.29 is 23.0 Å². The molecule has 0 spiro atoms. The van der Waals surface area contributed by atoms with Crippen molar-refractivity contribution in [1.29, 1.82) is 0 Å². The number of nitrogens with one attached hydrogen (secondary N) is 2. The van der Waals surface area contributed by atoms with E-state index in [1.54, 1.807) is 12.1 Å². The molecule has 6 nitrogen and oxygen atoms in total. The van der Waals surface area contributed by atoms with Crippen molar-refractivity contribution in [2.24, 2.45) is 5.92 Å². The van der Waals surface area contributed by atoms with E-state index in [1.807, 2.05) is 38.1 Å². The summed E-state index contributed by atoms with van der Waals surface area (Å²) in [5, 5.41) is 16.0. The summed E-state index contributed by atoms with van der Waals surface area (Å²) in [5.74, 6) is 0.478. The number of rotatable bonds is 9. The fourth-order valence-corrected chi connectivity index (χ4v) is 3.44. The lowest BCUT2D eigenvalue weighted by Gasteiger charge is -2.21. The van der Waals surface area contributed by atoms with Crippen molar-refractivity contribution in [2.45, 2.75) is 32.8 Å². The van der Waals surface area contributed by atoms with Gasteiger partial charge >= 0.3 is 6.36 Å². The van der Waals surface area contributed by atoms with E-state index in [9.17, 15) is 18.3 Å². The maximum Gasteiger partial charge on any atom is 0.573 e. The van der Waals surface area contributed by atoms with Crippen LogP contribution >= 0.6 is 15.9 Å². The van der Waals surface area contributed by atoms with E-state index in [-0.39, 0.29) is 30.3 Å². The van der Waals surface area contributed by atoms with Gasteiger partial charge in [0.2, 0.25) is 5.95 Å². The molecule has 33 heavy (non-hydrogen) atoms. The normalized spacial score (nSPS) is 12.5. The summed E-state index contributed by atoms with van der Waals surface area (Å²) in [7, 11) is 0. The molecule has 0 aliphatic carbocycles. The predicted molar refractivity (Wildman–Crippen MR) is 125 cm³/mol. The van der Waals surface area contributed by atoms with E-state index in [1.165, 1.54) is 18.2 Å². The van der Waals surface area contributed by atoms with Gasteiger partial charge in [-0.15, -0.1) is 13.2 Å². The second kappa shape index (κ2) is 10.8. The Hall–Kier alpha value is -2.85. The number of aliphatic hydroxyl groups is 1. The Kier molecular flexibility index (Phi) is 8.15. The topological polar surface area (TPSA) is 79.3 Å². The zero-order valence-electron chi connectivity index (χ0n) is 18.0. The highest BCUT2D eigenvalue weighted by atomic mass is 79.9. The minimum absolute atomic E-state index is 0.0995. The first-order valence-electron chi connectivity index (χ1n) is 10.2. The zero-order valence-corrected chi connectivity index (χ0v) is 19.6. The smallest absolute Gasteiger partial charge is 0.406 e. The average Bonchev–Trinajstić information content (AvgIpc) is 2.75. The second-order valence-electron chi connectivity index (χ2n) is 7.66. The Balaban J connectivity index is 1.95. The zero-order chi connectivity index (χ0) is 24.0. The molecule has 0 radical (unpaired) electrons. The van der Waals surface area contributed by atoms with Crippen molar-refractivity contribution in [1.82, 2.24) is 9.97 Å². The van der Waals surface area contributed by atoms with Crippen LogP contribution < -0.4 is 15.4 Å². The van der Waals surface area contributed by atoms with Crippen LogP contribution in [0.25, 0.3) is 11.3 Å². The number of alkyl halides is 3. The second-order valence-corrected chi connectivity index (χ2v) is 8.51.